The van der Waals surface area contributed by atoms with Gasteiger partial charge >= 0.3 is 5.97 Å². The van der Waals surface area contributed by atoms with Gasteiger partial charge in [0.25, 0.3) is 5.91 Å². The number of rotatable bonds is 5. The summed E-state index contributed by atoms with van der Waals surface area (Å²) in [6, 6.07) is 10.5. The Morgan fingerprint density at radius 1 is 1.21 bits per heavy atom. The first-order chi connectivity index (χ1) is 11.4. The number of aliphatic hydroxyl groups excluding tert-OH is 1. The van der Waals surface area contributed by atoms with Crippen LogP contribution < -0.4 is 5.32 Å². The van der Waals surface area contributed by atoms with Gasteiger partial charge in [0.15, 0.2) is 6.10 Å². The Hall–Kier alpha value is -2.73. The van der Waals surface area contributed by atoms with E-state index in [0.29, 0.717) is 16.8 Å². The van der Waals surface area contributed by atoms with Gasteiger partial charge in [-0.25, -0.2) is 9.18 Å². The van der Waals surface area contributed by atoms with Crippen molar-refractivity contribution in [2.24, 2.45) is 0 Å². The Balaban J connectivity index is 1.97. The van der Waals surface area contributed by atoms with E-state index < -0.39 is 23.8 Å². The molecule has 5 nitrogen and oxygen atoms in total. The van der Waals surface area contributed by atoms with Crippen LogP contribution in [0.15, 0.2) is 42.5 Å². The number of aryl methyl sites for hydroxylation is 1. The molecule has 0 aliphatic carbocycles. The molecule has 0 saturated heterocycles. The van der Waals surface area contributed by atoms with E-state index in [1.165, 1.54) is 25.1 Å². The van der Waals surface area contributed by atoms with E-state index in [9.17, 15) is 14.0 Å². The number of hydrogen-bond donors (Lipinski definition) is 2. The molecular formula is C18H18FNO4. The molecule has 0 unspecified atom stereocenters. The first kappa shape index (κ1) is 17.6. The summed E-state index contributed by atoms with van der Waals surface area (Å²) in [5.41, 5.74) is 1.70. The maximum Gasteiger partial charge on any atom is 0.338 e. The van der Waals surface area contributed by atoms with Gasteiger partial charge in [0.2, 0.25) is 0 Å². The minimum Gasteiger partial charge on any atom is -0.449 e. The lowest BCUT2D eigenvalue weighted by atomic mass is 10.1. The predicted octanol–water partition coefficient (Wildman–Crippen LogP) is 2.81. The Morgan fingerprint density at radius 3 is 2.46 bits per heavy atom. The maximum absolute atomic E-state index is 13.5. The van der Waals surface area contributed by atoms with Crippen molar-refractivity contribution in [2.75, 3.05) is 5.32 Å². The number of carbonyl (C=O) groups excluding carboxylic acids is 2. The van der Waals surface area contributed by atoms with Gasteiger partial charge in [-0.1, -0.05) is 18.2 Å². The highest BCUT2D eigenvalue weighted by Crippen LogP contribution is 2.14. The summed E-state index contributed by atoms with van der Waals surface area (Å²) in [7, 11) is 0. The number of benzene rings is 2. The third-order valence-electron chi connectivity index (χ3n) is 3.46. The summed E-state index contributed by atoms with van der Waals surface area (Å²) in [6.07, 6.45) is -1.04. The molecule has 0 radical (unpaired) electrons. The third-order valence-corrected chi connectivity index (χ3v) is 3.46. The van der Waals surface area contributed by atoms with Crippen molar-refractivity contribution < 1.29 is 23.8 Å². The molecule has 2 N–H and O–H groups in total. The molecule has 0 fully saturated rings. The van der Waals surface area contributed by atoms with Crippen LogP contribution in [0.3, 0.4) is 0 Å². The highest BCUT2D eigenvalue weighted by Gasteiger charge is 2.19. The number of hydrogen-bond acceptors (Lipinski definition) is 4. The lowest BCUT2D eigenvalue weighted by Gasteiger charge is -2.14. The van der Waals surface area contributed by atoms with Crippen LogP contribution in [0.1, 0.15) is 28.4 Å². The summed E-state index contributed by atoms with van der Waals surface area (Å²) in [6.45, 7) is 2.93. The fourth-order valence-corrected chi connectivity index (χ4v) is 1.94. The molecule has 0 heterocycles. The maximum atomic E-state index is 13.5. The van der Waals surface area contributed by atoms with Gasteiger partial charge in [0.05, 0.1) is 12.2 Å². The van der Waals surface area contributed by atoms with Gasteiger partial charge in [0.1, 0.15) is 5.82 Å². The molecule has 0 bridgehead atoms. The number of nitrogens with one attached hydrogen (secondary N) is 1. The van der Waals surface area contributed by atoms with Crippen molar-refractivity contribution >= 4 is 17.6 Å². The largest absolute Gasteiger partial charge is 0.449 e. The molecule has 24 heavy (non-hydrogen) atoms. The van der Waals surface area contributed by atoms with Gasteiger partial charge in [-0.3, -0.25) is 4.79 Å². The van der Waals surface area contributed by atoms with Crippen molar-refractivity contribution in [2.45, 2.75) is 26.6 Å². The summed E-state index contributed by atoms with van der Waals surface area (Å²) in [5, 5.41) is 11.5. The van der Waals surface area contributed by atoms with Gasteiger partial charge < -0.3 is 15.2 Å². The van der Waals surface area contributed by atoms with Crippen molar-refractivity contribution in [3.05, 3.63) is 65.0 Å². The van der Waals surface area contributed by atoms with E-state index in [0.717, 1.165) is 0 Å². The normalized spacial score (nSPS) is 11.7. The molecule has 0 aliphatic rings. The molecule has 6 heteroatoms. The highest BCUT2D eigenvalue weighted by molar-refractivity contribution is 5.97. The topological polar surface area (TPSA) is 75.6 Å². The smallest absolute Gasteiger partial charge is 0.338 e. The number of esters is 1. The second-order valence-corrected chi connectivity index (χ2v) is 5.36. The molecule has 2 aromatic rings. The van der Waals surface area contributed by atoms with Crippen LogP contribution in [-0.4, -0.2) is 23.1 Å². The summed E-state index contributed by atoms with van der Waals surface area (Å²) in [5.74, 6) is -1.64. The predicted molar refractivity (Wildman–Crippen MR) is 87.0 cm³/mol. The molecule has 0 saturated carbocycles. The molecule has 2 rings (SSSR count). The third kappa shape index (κ3) is 4.39. The Bertz CT molecular complexity index is 743. The number of aliphatic hydroxyl groups is 1. The quantitative estimate of drug-likeness (QED) is 0.826. The first-order valence-electron chi connectivity index (χ1n) is 7.38. The lowest BCUT2D eigenvalue weighted by Crippen LogP contribution is -2.30. The highest BCUT2D eigenvalue weighted by atomic mass is 19.1. The van der Waals surface area contributed by atoms with Crippen LogP contribution in [0, 0.1) is 12.7 Å². The van der Waals surface area contributed by atoms with Gasteiger partial charge in [-0.2, -0.15) is 0 Å². The van der Waals surface area contributed by atoms with Gasteiger partial charge in [-0.15, -0.1) is 0 Å². The van der Waals surface area contributed by atoms with Crippen LogP contribution in [0.5, 0.6) is 0 Å². The molecule has 1 amide bonds. The minimum atomic E-state index is -1.04. The van der Waals surface area contributed by atoms with E-state index in [4.69, 9.17) is 9.84 Å². The van der Waals surface area contributed by atoms with Crippen LogP contribution >= 0.6 is 0 Å². The summed E-state index contributed by atoms with van der Waals surface area (Å²) in [4.78, 5) is 24.0. The van der Waals surface area contributed by atoms with E-state index in [-0.39, 0.29) is 12.2 Å². The second-order valence-electron chi connectivity index (χ2n) is 5.36. The second kappa shape index (κ2) is 7.70. The molecule has 0 spiro atoms. The molecule has 0 aromatic heterocycles. The van der Waals surface area contributed by atoms with Crippen molar-refractivity contribution in [3.63, 3.8) is 0 Å². The first-order valence-corrected chi connectivity index (χ1v) is 7.38. The van der Waals surface area contributed by atoms with E-state index in [1.807, 2.05) is 0 Å². The number of ether oxygens (including phenoxy) is 1. The number of amides is 1. The molecule has 1 atom stereocenters. The summed E-state index contributed by atoms with van der Waals surface area (Å²) >= 11 is 0. The lowest BCUT2D eigenvalue weighted by molar-refractivity contribution is -0.123. The fourth-order valence-electron chi connectivity index (χ4n) is 1.94. The van der Waals surface area contributed by atoms with E-state index >= 15 is 0 Å². The Labute approximate surface area is 139 Å². The standard InChI is InChI=1S/C18H18FNO4/c1-11-3-8-15(9-16(11)19)20-17(22)12(2)24-18(23)14-6-4-13(10-21)5-7-14/h3-9,12,21H,10H2,1-2H3,(H,20,22)/t12-/m1/s1. The number of anilines is 1. The fraction of sp³-hybridized carbons (Fsp3) is 0.222. The Kier molecular flexibility index (Phi) is 5.65. The molecule has 126 valence electrons. The zero-order valence-corrected chi connectivity index (χ0v) is 13.4. The van der Waals surface area contributed by atoms with E-state index in [1.54, 1.807) is 31.2 Å². The minimum absolute atomic E-state index is 0.124. The number of halogens is 1. The average molecular weight is 331 g/mol. The van der Waals surface area contributed by atoms with Crippen LogP contribution in [0.2, 0.25) is 0 Å². The number of carbonyl (C=O) groups is 2. The zero-order chi connectivity index (χ0) is 17.7. The van der Waals surface area contributed by atoms with Crippen molar-refractivity contribution in [3.8, 4) is 0 Å². The summed E-state index contributed by atoms with van der Waals surface area (Å²) < 4.78 is 18.6. The van der Waals surface area contributed by atoms with Gasteiger partial charge in [0, 0.05) is 5.69 Å². The van der Waals surface area contributed by atoms with Crippen LogP contribution in [0.4, 0.5) is 10.1 Å². The van der Waals surface area contributed by atoms with Gasteiger partial charge in [-0.05, 0) is 49.2 Å². The Morgan fingerprint density at radius 2 is 1.88 bits per heavy atom. The van der Waals surface area contributed by atoms with Crippen molar-refractivity contribution in [1.29, 1.82) is 0 Å². The molecule has 2 aromatic carbocycles. The molecule has 0 aliphatic heterocycles. The zero-order valence-electron chi connectivity index (χ0n) is 13.4. The van der Waals surface area contributed by atoms with E-state index in [2.05, 4.69) is 5.32 Å². The van der Waals surface area contributed by atoms with Crippen molar-refractivity contribution in [1.82, 2.24) is 0 Å². The average Bonchev–Trinajstić information content (AvgIpc) is 2.58. The SMILES string of the molecule is Cc1ccc(NC(=O)[C@@H](C)OC(=O)c2ccc(CO)cc2)cc1F. The van der Waals surface area contributed by atoms with Crippen LogP contribution in [0.25, 0.3) is 0 Å². The van der Waals surface area contributed by atoms with Crippen LogP contribution in [-0.2, 0) is 16.1 Å². The monoisotopic (exact) mass is 331 g/mol. The molecular weight excluding hydrogens is 313 g/mol.